The summed E-state index contributed by atoms with van der Waals surface area (Å²) in [6.45, 7) is 1.74. The molecular formula is C18H15ClN2O. The maximum atomic E-state index is 9.58. The van der Waals surface area contributed by atoms with Gasteiger partial charge in [-0.3, -0.25) is 0 Å². The smallest absolute Gasteiger partial charge is 0.159 e. The van der Waals surface area contributed by atoms with Gasteiger partial charge in [-0.15, -0.1) is 10.2 Å². The van der Waals surface area contributed by atoms with Gasteiger partial charge in [-0.2, -0.15) is 0 Å². The molecule has 2 aromatic carbocycles. The van der Waals surface area contributed by atoms with Gasteiger partial charge in [-0.05, 0) is 24.1 Å². The van der Waals surface area contributed by atoms with Crippen molar-refractivity contribution >= 4 is 11.6 Å². The van der Waals surface area contributed by atoms with Crippen LogP contribution in [-0.2, 0) is 0 Å². The van der Waals surface area contributed by atoms with E-state index in [2.05, 4.69) is 10.2 Å². The Balaban J connectivity index is 2.03. The maximum absolute atomic E-state index is 9.58. The summed E-state index contributed by atoms with van der Waals surface area (Å²) in [5.41, 5.74) is 4.41. The van der Waals surface area contributed by atoms with Gasteiger partial charge in [-0.1, -0.05) is 66.2 Å². The number of benzene rings is 2. The first-order chi connectivity index (χ1) is 10.6. The molecule has 0 saturated heterocycles. The Bertz CT molecular complexity index is 771. The summed E-state index contributed by atoms with van der Waals surface area (Å²) >= 11 is 6.20. The third kappa shape index (κ3) is 3.01. The molecule has 0 aliphatic heterocycles. The number of hydrogen-bond acceptors (Lipinski definition) is 3. The zero-order valence-electron chi connectivity index (χ0n) is 12.1. The van der Waals surface area contributed by atoms with Crippen LogP contribution in [0.3, 0.4) is 0 Å². The fraction of sp³-hybridized carbons (Fsp3) is 0.111. The van der Waals surface area contributed by atoms with Crippen LogP contribution in [0.4, 0.5) is 0 Å². The molecule has 22 heavy (non-hydrogen) atoms. The number of aromatic nitrogens is 2. The van der Waals surface area contributed by atoms with Crippen LogP contribution in [0.15, 0.2) is 60.7 Å². The molecule has 1 aromatic heterocycles. The van der Waals surface area contributed by atoms with Crippen molar-refractivity contribution in [1.82, 2.24) is 10.2 Å². The fourth-order valence-corrected chi connectivity index (χ4v) is 2.47. The van der Waals surface area contributed by atoms with Gasteiger partial charge < -0.3 is 5.11 Å². The molecular weight excluding hydrogens is 296 g/mol. The molecule has 0 bridgehead atoms. The number of hydrogen-bond donors (Lipinski definition) is 1. The molecule has 0 radical (unpaired) electrons. The van der Waals surface area contributed by atoms with Gasteiger partial charge in [-0.25, -0.2) is 0 Å². The second-order valence-electron chi connectivity index (χ2n) is 5.10. The maximum Gasteiger partial charge on any atom is 0.159 e. The minimum atomic E-state index is -0.486. The Morgan fingerprint density at radius 1 is 0.909 bits per heavy atom. The van der Waals surface area contributed by atoms with Gasteiger partial charge in [0.1, 0.15) is 0 Å². The summed E-state index contributed by atoms with van der Waals surface area (Å²) in [6, 6.07) is 19.4. The summed E-state index contributed by atoms with van der Waals surface area (Å²) in [6.07, 6.45) is -0.486. The summed E-state index contributed by atoms with van der Waals surface area (Å²) in [4.78, 5) is 0. The summed E-state index contributed by atoms with van der Waals surface area (Å²) in [7, 11) is 0. The van der Waals surface area contributed by atoms with Crippen LogP contribution in [-0.4, -0.2) is 15.3 Å². The molecule has 1 unspecified atom stereocenters. The number of aliphatic hydroxyl groups excluding tert-OH is 1. The average molecular weight is 311 g/mol. The second kappa shape index (κ2) is 6.26. The van der Waals surface area contributed by atoms with E-state index < -0.39 is 6.10 Å². The van der Waals surface area contributed by atoms with Gasteiger partial charge >= 0.3 is 0 Å². The second-order valence-corrected chi connectivity index (χ2v) is 5.46. The molecule has 110 valence electrons. The highest BCUT2D eigenvalue weighted by Crippen LogP contribution is 2.30. The minimum Gasteiger partial charge on any atom is -0.389 e. The normalized spacial score (nSPS) is 12.1. The van der Waals surface area contributed by atoms with E-state index in [9.17, 15) is 5.11 Å². The summed E-state index contributed by atoms with van der Waals surface area (Å²) < 4.78 is 0. The van der Waals surface area contributed by atoms with Crippen molar-refractivity contribution in [3.63, 3.8) is 0 Å². The molecule has 0 fully saturated rings. The largest absolute Gasteiger partial charge is 0.389 e. The SMILES string of the molecule is CC(O)c1ccc(-c2cc(-c3ccccc3)nnc2Cl)cc1. The van der Waals surface area contributed by atoms with Gasteiger partial charge in [0.05, 0.1) is 11.8 Å². The van der Waals surface area contributed by atoms with Crippen molar-refractivity contribution in [2.24, 2.45) is 0 Å². The molecule has 0 saturated carbocycles. The number of aliphatic hydroxyl groups is 1. The molecule has 3 nitrogen and oxygen atoms in total. The van der Waals surface area contributed by atoms with Gasteiger partial charge in [0.15, 0.2) is 5.15 Å². The van der Waals surface area contributed by atoms with Crippen LogP contribution in [0.2, 0.25) is 5.15 Å². The number of nitrogens with zero attached hydrogens (tertiary/aromatic N) is 2. The van der Waals surface area contributed by atoms with E-state index in [-0.39, 0.29) is 0 Å². The van der Waals surface area contributed by atoms with E-state index in [1.54, 1.807) is 6.92 Å². The predicted octanol–water partition coefficient (Wildman–Crippen LogP) is 4.52. The molecule has 0 aliphatic rings. The van der Waals surface area contributed by atoms with E-state index in [1.807, 2.05) is 60.7 Å². The van der Waals surface area contributed by atoms with Crippen molar-refractivity contribution in [1.29, 1.82) is 0 Å². The fourth-order valence-electron chi connectivity index (χ4n) is 2.27. The monoisotopic (exact) mass is 310 g/mol. The number of rotatable bonds is 3. The van der Waals surface area contributed by atoms with Gasteiger partial charge in [0, 0.05) is 11.1 Å². The average Bonchev–Trinajstić information content (AvgIpc) is 2.56. The molecule has 1 N–H and O–H groups in total. The van der Waals surface area contributed by atoms with Crippen LogP contribution >= 0.6 is 11.6 Å². The first-order valence-electron chi connectivity index (χ1n) is 7.02. The van der Waals surface area contributed by atoms with Crippen LogP contribution in [0.25, 0.3) is 22.4 Å². The highest BCUT2D eigenvalue weighted by atomic mass is 35.5. The Labute approximate surface area is 134 Å². The molecule has 0 aliphatic carbocycles. The molecule has 0 spiro atoms. The van der Waals surface area contributed by atoms with E-state index in [0.717, 1.165) is 27.9 Å². The highest BCUT2D eigenvalue weighted by molar-refractivity contribution is 6.32. The molecule has 3 rings (SSSR count). The first-order valence-corrected chi connectivity index (χ1v) is 7.40. The lowest BCUT2D eigenvalue weighted by atomic mass is 10.0. The molecule has 4 heteroatoms. The Kier molecular flexibility index (Phi) is 4.18. The van der Waals surface area contributed by atoms with E-state index in [4.69, 9.17) is 11.6 Å². The summed E-state index contributed by atoms with van der Waals surface area (Å²) in [5, 5.41) is 18.2. The Morgan fingerprint density at radius 3 is 2.23 bits per heavy atom. The molecule has 1 atom stereocenters. The lowest BCUT2D eigenvalue weighted by molar-refractivity contribution is 0.199. The quantitative estimate of drug-likeness (QED) is 0.773. The van der Waals surface area contributed by atoms with E-state index in [0.29, 0.717) is 5.15 Å². The standard InChI is InChI=1S/C18H15ClN2O/c1-12(22)13-7-9-14(10-8-13)16-11-17(20-21-18(16)19)15-5-3-2-4-6-15/h2-12,22H,1H3. The highest BCUT2D eigenvalue weighted by Gasteiger charge is 2.10. The van der Waals surface area contributed by atoms with Crippen molar-refractivity contribution in [3.05, 3.63) is 71.4 Å². The van der Waals surface area contributed by atoms with Crippen LogP contribution in [0.1, 0.15) is 18.6 Å². The van der Waals surface area contributed by atoms with Crippen molar-refractivity contribution in [2.45, 2.75) is 13.0 Å². The summed E-state index contributed by atoms with van der Waals surface area (Å²) in [5.74, 6) is 0. The zero-order valence-corrected chi connectivity index (χ0v) is 12.8. The van der Waals surface area contributed by atoms with E-state index in [1.165, 1.54) is 0 Å². The predicted molar refractivity (Wildman–Crippen MR) is 88.5 cm³/mol. The Morgan fingerprint density at radius 2 is 1.59 bits per heavy atom. The Hall–Kier alpha value is -2.23. The third-order valence-corrected chi connectivity index (χ3v) is 3.80. The van der Waals surface area contributed by atoms with Gasteiger partial charge in [0.25, 0.3) is 0 Å². The molecule has 3 aromatic rings. The van der Waals surface area contributed by atoms with Crippen LogP contribution < -0.4 is 0 Å². The first kappa shape index (κ1) is 14.7. The lowest BCUT2D eigenvalue weighted by Gasteiger charge is -2.09. The van der Waals surface area contributed by atoms with Crippen LogP contribution in [0, 0.1) is 0 Å². The molecule has 1 heterocycles. The molecule has 0 amide bonds. The van der Waals surface area contributed by atoms with Gasteiger partial charge in [0.2, 0.25) is 0 Å². The number of halogens is 1. The third-order valence-electron chi connectivity index (χ3n) is 3.52. The van der Waals surface area contributed by atoms with Crippen molar-refractivity contribution < 1.29 is 5.11 Å². The van der Waals surface area contributed by atoms with E-state index >= 15 is 0 Å². The van der Waals surface area contributed by atoms with Crippen LogP contribution in [0.5, 0.6) is 0 Å². The lowest BCUT2D eigenvalue weighted by Crippen LogP contribution is -1.93. The topological polar surface area (TPSA) is 46.0 Å². The minimum absolute atomic E-state index is 0.365. The van der Waals surface area contributed by atoms with Crippen molar-refractivity contribution in [3.8, 4) is 22.4 Å². The zero-order chi connectivity index (χ0) is 15.5. The van der Waals surface area contributed by atoms with Crippen molar-refractivity contribution in [2.75, 3.05) is 0 Å².